The Labute approximate surface area is 122 Å². The number of nitrogens with one attached hydrogen (secondary N) is 2. The van der Waals surface area contributed by atoms with Crippen LogP contribution in [0.15, 0.2) is 30.6 Å². The summed E-state index contributed by atoms with van der Waals surface area (Å²) < 4.78 is 2.13. The molecule has 1 fully saturated rings. The monoisotopic (exact) mass is 290 g/mol. The third-order valence-corrected chi connectivity index (χ3v) is 4.38. The summed E-state index contributed by atoms with van der Waals surface area (Å²) in [6.07, 6.45) is 2.77. The number of amides is 1. The summed E-state index contributed by atoms with van der Waals surface area (Å²) >= 11 is 1.76. The van der Waals surface area contributed by atoms with Gasteiger partial charge in [0, 0.05) is 24.7 Å². The third kappa shape index (κ3) is 2.96. The zero-order valence-electron chi connectivity index (χ0n) is 11.2. The first-order valence-electron chi connectivity index (χ1n) is 6.83. The van der Waals surface area contributed by atoms with Gasteiger partial charge in [0.25, 0.3) is 0 Å². The highest BCUT2D eigenvalue weighted by molar-refractivity contribution is 7.99. The maximum Gasteiger partial charge on any atom is 0.238 e. The molecule has 1 saturated heterocycles. The topological polar surface area (TPSA) is 59.0 Å². The Balaban J connectivity index is 1.47. The molecule has 1 aliphatic rings. The minimum Gasteiger partial charge on any atom is -0.355 e. The smallest absolute Gasteiger partial charge is 0.238 e. The SMILES string of the molecule is O=C(NCCCn1cnc2ccccc21)C1CSCN1. The van der Waals surface area contributed by atoms with Crippen molar-refractivity contribution in [2.75, 3.05) is 18.2 Å². The van der Waals surface area contributed by atoms with Crippen LogP contribution in [0.5, 0.6) is 0 Å². The maximum atomic E-state index is 11.8. The lowest BCUT2D eigenvalue weighted by Crippen LogP contribution is -2.42. The molecule has 2 heterocycles. The van der Waals surface area contributed by atoms with Crippen molar-refractivity contribution in [2.24, 2.45) is 0 Å². The van der Waals surface area contributed by atoms with Gasteiger partial charge >= 0.3 is 0 Å². The largest absolute Gasteiger partial charge is 0.355 e. The van der Waals surface area contributed by atoms with E-state index in [1.165, 1.54) is 0 Å². The van der Waals surface area contributed by atoms with Gasteiger partial charge in [0.05, 0.1) is 23.4 Å². The first-order chi connectivity index (χ1) is 9.84. The lowest BCUT2D eigenvalue weighted by atomic mass is 10.3. The summed E-state index contributed by atoms with van der Waals surface area (Å²) in [6, 6.07) is 8.07. The lowest BCUT2D eigenvalue weighted by molar-refractivity contribution is -0.122. The Hall–Kier alpha value is -1.53. The molecule has 1 aliphatic heterocycles. The number of para-hydroxylation sites is 2. The Morgan fingerprint density at radius 2 is 2.40 bits per heavy atom. The summed E-state index contributed by atoms with van der Waals surface area (Å²) in [5, 5.41) is 6.16. The molecule has 0 bridgehead atoms. The summed E-state index contributed by atoms with van der Waals surface area (Å²) in [7, 11) is 0. The number of hydrogen-bond acceptors (Lipinski definition) is 4. The molecule has 0 aliphatic carbocycles. The highest BCUT2D eigenvalue weighted by Crippen LogP contribution is 2.12. The zero-order chi connectivity index (χ0) is 13.8. The lowest BCUT2D eigenvalue weighted by Gasteiger charge is -2.10. The van der Waals surface area contributed by atoms with Crippen LogP contribution in [0.2, 0.25) is 0 Å². The van der Waals surface area contributed by atoms with Crippen molar-refractivity contribution >= 4 is 28.7 Å². The number of aromatic nitrogens is 2. The average molecular weight is 290 g/mol. The van der Waals surface area contributed by atoms with Crippen LogP contribution >= 0.6 is 11.8 Å². The van der Waals surface area contributed by atoms with Gasteiger partial charge in [0.1, 0.15) is 0 Å². The molecule has 2 N–H and O–H groups in total. The number of fused-ring (bicyclic) bond motifs is 1. The number of nitrogens with zero attached hydrogens (tertiary/aromatic N) is 2. The van der Waals surface area contributed by atoms with Crippen molar-refractivity contribution in [3.63, 3.8) is 0 Å². The van der Waals surface area contributed by atoms with Crippen LogP contribution < -0.4 is 10.6 Å². The fourth-order valence-electron chi connectivity index (χ4n) is 2.34. The molecule has 1 atom stereocenters. The normalized spacial score (nSPS) is 18.5. The first kappa shape index (κ1) is 13.5. The van der Waals surface area contributed by atoms with E-state index in [1.807, 2.05) is 24.5 Å². The van der Waals surface area contributed by atoms with Crippen LogP contribution in [0.3, 0.4) is 0 Å². The van der Waals surface area contributed by atoms with E-state index < -0.39 is 0 Å². The number of thioether (sulfide) groups is 1. The second-order valence-corrected chi connectivity index (χ2v) is 5.87. The van der Waals surface area contributed by atoms with E-state index in [0.717, 1.165) is 35.6 Å². The Bertz CT molecular complexity index is 592. The molecule has 6 heteroatoms. The van der Waals surface area contributed by atoms with Crippen molar-refractivity contribution in [1.29, 1.82) is 0 Å². The van der Waals surface area contributed by atoms with E-state index >= 15 is 0 Å². The van der Waals surface area contributed by atoms with E-state index in [2.05, 4.69) is 26.3 Å². The summed E-state index contributed by atoms with van der Waals surface area (Å²) in [5.74, 6) is 1.86. The summed E-state index contributed by atoms with van der Waals surface area (Å²) in [4.78, 5) is 16.2. The van der Waals surface area contributed by atoms with Crippen molar-refractivity contribution in [2.45, 2.75) is 19.0 Å². The number of aryl methyl sites for hydroxylation is 1. The van der Waals surface area contributed by atoms with Gasteiger partial charge in [-0.15, -0.1) is 11.8 Å². The quantitative estimate of drug-likeness (QED) is 0.813. The van der Waals surface area contributed by atoms with Gasteiger partial charge < -0.3 is 9.88 Å². The molecular weight excluding hydrogens is 272 g/mol. The number of hydrogen-bond donors (Lipinski definition) is 2. The second kappa shape index (κ2) is 6.28. The Morgan fingerprint density at radius 3 is 3.25 bits per heavy atom. The van der Waals surface area contributed by atoms with Gasteiger partial charge in [0.2, 0.25) is 5.91 Å². The standard InChI is InChI=1S/C14H18N4OS/c19-14(12-8-20-10-17-12)15-6-3-7-18-9-16-11-4-1-2-5-13(11)18/h1-2,4-5,9,12,17H,3,6-8,10H2,(H,15,19). The molecule has 3 rings (SSSR count). The Kier molecular flexibility index (Phi) is 4.22. The molecule has 0 spiro atoms. The van der Waals surface area contributed by atoms with Crippen LogP contribution in [-0.2, 0) is 11.3 Å². The van der Waals surface area contributed by atoms with Crippen molar-refractivity contribution in [3.05, 3.63) is 30.6 Å². The number of carbonyl (C=O) groups is 1. The van der Waals surface area contributed by atoms with E-state index in [1.54, 1.807) is 11.8 Å². The van der Waals surface area contributed by atoms with Crippen LogP contribution in [0.1, 0.15) is 6.42 Å². The molecule has 1 aromatic carbocycles. The van der Waals surface area contributed by atoms with Gasteiger partial charge in [-0.05, 0) is 18.6 Å². The fraction of sp³-hybridized carbons (Fsp3) is 0.429. The Morgan fingerprint density at radius 1 is 1.50 bits per heavy atom. The molecule has 1 unspecified atom stereocenters. The minimum atomic E-state index is -0.0194. The molecule has 2 aromatic rings. The maximum absolute atomic E-state index is 11.8. The van der Waals surface area contributed by atoms with Gasteiger partial charge in [-0.1, -0.05) is 12.1 Å². The van der Waals surface area contributed by atoms with Crippen LogP contribution in [-0.4, -0.2) is 39.7 Å². The van der Waals surface area contributed by atoms with E-state index in [0.29, 0.717) is 6.54 Å². The predicted octanol–water partition coefficient (Wildman–Crippen LogP) is 1.21. The molecule has 20 heavy (non-hydrogen) atoms. The number of benzene rings is 1. The molecule has 1 aromatic heterocycles. The number of carbonyl (C=O) groups excluding carboxylic acids is 1. The van der Waals surface area contributed by atoms with Crippen LogP contribution in [0.4, 0.5) is 0 Å². The third-order valence-electron chi connectivity index (χ3n) is 3.44. The van der Waals surface area contributed by atoms with Crippen molar-refractivity contribution in [1.82, 2.24) is 20.2 Å². The first-order valence-corrected chi connectivity index (χ1v) is 7.99. The second-order valence-electron chi connectivity index (χ2n) is 4.84. The van der Waals surface area contributed by atoms with Crippen LogP contribution in [0.25, 0.3) is 11.0 Å². The molecular formula is C14H18N4OS. The van der Waals surface area contributed by atoms with Crippen LogP contribution in [0, 0.1) is 0 Å². The van der Waals surface area contributed by atoms with E-state index in [4.69, 9.17) is 0 Å². The predicted molar refractivity (Wildman–Crippen MR) is 81.6 cm³/mol. The van der Waals surface area contributed by atoms with Gasteiger partial charge in [0.15, 0.2) is 0 Å². The van der Waals surface area contributed by atoms with Gasteiger partial charge in [-0.3, -0.25) is 10.1 Å². The minimum absolute atomic E-state index is 0.0194. The van der Waals surface area contributed by atoms with E-state index in [9.17, 15) is 4.79 Å². The highest BCUT2D eigenvalue weighted by Gasteiger charge is 2.21. The summed E-state index contributed by atoms with van der Waals surface area (Å²) in [5.41, 5.74) is 2.16. The van der Waals surface area contributed by atoms with Crippen molar-refractivity contribution in [3.8, 4) is 0 Å². The molecule has 0 radical (unpaired) electrons. The number of imidazole rings is 1. The highest BCUT2D eigenvalue weighted by atomic mass is 32.2. The number of rotatable bonds is 5. The molecule has 0 saturated carbocycles. The molecule has 5 nitrogen and oxygen atoms in total. The fourth-order valence-corrected chi connectivity index (χ4v) is 3.28. The molecule has 106 valence electrons. The average Bonchev–Trinajstić information content (AvgIpc) is 3.13. The van der Waals surface area contributed by atoms with Crippen molar-refractivity contribution < 1.29 is 4.79 Å². The molecule has 1 amide bonds. The van der Waals surface area contributed by atoms with E-state index in [-0.39, 0.29) is 11.9 Å². The zero-order valence-corrected chi connectivity index (χ0v) is 12.0. The van der Waals surface area contributed by atoms with Gasteiger partial charge in [-0.25, -0.2) is 4.98 Å². The van der Waals surface area contributed by atoms with Gasteiger partial charge in [-0.2, -0.15) is 0 Å². The summed E-state index contributed by atoms with van der Waals surface area (Å²) in [6.45, 7) is 1.57.